The molecule has 0 saturated heterocycles. The zero-order valence-electron chi connectivity index (χ0n) is 18.0. The monoisotopic (exact) mass is 468 g/mol. The molecular weight excluding hydrogens is 448 g/mol. The number of halogens is 4. The van der Waals surface area contributed by atoms with Crippen molar-refractivity contribution in [2.24, 2.45) is 5.10 Å². The number of aromatic nitrogens is 3. The quantitative estimate of drug-likeness (QED) is 0.174. The summed E-state index contributed by atoms with van der Waals surface area (Å²) in [5.41, 5.74) is 3.78. The van der Waals surface area contributed by atoms with Crippen molar-refractivity contribution < 1.29 is 17.6 Å². The number of hydrazone groups is 1. The molecule has 0 aliphatic rings. The van der Waals surface area contributed by atoms with E-state index in [9.17, 15) is 17.6 Å². The lowest BCUT2D eigenvalue weighted by atomic mass is 10.1. The Morgan fingerprint density at radius 3 is 2.59 bits per heavy atom. The number of hydrogen-bond donors (Lipinski definition) is 2. The van der Waals surface area contributed by atoms with Crippen molar-refractivity contribution in [3.63, 3.8) is 0 Å². The third kappa shape index (κ3) is 6.58. The number of pyridine rings is 1. The van der Waals surface area contributed by atoms with Crippen LogP contribution in [0.15, 0.2) is 84.8 Å². The first-order valence-electron chi connectivity index (χ1n) is 9.98. The first kappa shape index (κ1) is 24.3. The standard InChI is InChI=1S/C24H20F4N6/c1-3-5-7-16(4-2)22-21(25)15-30-23(33-22)34-31-14-19-10-11-20(13-29-19)32-18-9-6-8-17(12-18)24(26,27)28/h3-15,32H,1H2,2H3,(H,30,33,34)/b7-5-,16-4+,31-14+. The SMILES string of the molecule is C=C/C=C\C(=C/C)c1nc(N/N=C/c2ccc(Nc3cccc(C(F)(F)F)c3)cn2)ncc1F. The maximum atomic E-state index is 14.1. The van der Waals surface area contributed by atoms with E-state index < -0.39 is 17.6 Å². The van der Waals surface area contributed by atoms with Crippen LogP contribution >= 0.6 is 0 Å². The van der Waals surface area contributed by atoms with E-state index in [4.69, 9.17) is 0 Å². The van der Waals surface area contributed by atoms with E-state index in [0.717, 1.165) is 18.3 Å². The van der Waals surface area contributed by atoms with Crippen molar-refractivity contribution in [1.82, 2.24) is 15.0 Å². The van der Waals surface area contributed by atoms with Gasteiger partial charge in [0.25, 0.3) is 0 Å². The minimum atomic E-state index is -4.42. The third-order valence-electron chi connectivity index (χ3n) is 4.37. The second-order valence-electron chi connectivity index (χ2n) is 6.77. The van der Waals surface area contributed by atoms with E-state index in [-0.39, 0.29) is 17.3 Å². The summed E-state index contributed by atoms with van der Waals surface area (Å²) in [7, 11) is 0. The highest BCUT2D eigenvalue weighted by atomic mass is 19.4. The van der Waals surface area contributed by atoms with E-state index in [0.29, 0.717) is 17.0 Å². The lowest BCUT2D eigenvalue weighted by Gasteiger charge is -2.10. The first-order valence-corrected chi connectivity index (χ1v) is 9.98. The van der Waals surface area contributed by atoms with Crippen LogP contribution in [0.5, 0.6) is 0 Å². The van der Waals surface area contributed by atoms with Crippen molar-refractivity contribution in [2.45, 2.75) is 13.1 Å². The molecule has 0 radical (unpaired) electrons. The largest absolute Gasteiger partial charge is 0.416 e. The molecule has 0 bridgehead atoms. The van der Waals surface area contributed by atoms with Crippen LogP contribution in [0.3, 0.4) is 0 Å². The number of alkyl halides is 3. The van der Waals surface area contributed by atoms with Gasteiger partial charge in [-0.1, -0.05) is 36.9 Å². The predicted octanol–water partition coefficient (Wildman–Crippen LogP) is 6.36. The Kier molecular flexibility index (Phi) is 7.86. The van der Waals surface area contributed by atoms with Gasteiger partial charge in [-0.15, -0.1) is 0 Å². The number of benzene rings is 1. The van der Waals surface area contributed by atoms with Gasteiger partial charge in [0, 0.05) is 5.69 Å². The van der Waals surface area contributed by atoms with Crippen LogP contribution in [0.2, 0.25) is 0 Å². The summed E-state index contributed by atoms with van der Waals surface area (Å²) >= 11 is 0. The molecule has 2 heterocycles. The summed E-state index contributed by atoms with van der Waals surface area (Å²) in [5.74, 6) is -0.497. The Morgan fingerprint density at radius 2 is 1.91 bits per heavy atom. The van der Waals surface area contributed by atoms with Crippen molar-refractivity contribution in [2.75, 3.05) is 10.7 Å². The van der Waals surface area contributed by atoms with Crippen molar-refractivity contribution in [1.29, 1.82) is 0 Å². The van der Waals surface area contributed by atoms with E-state index in [1.165, 1.54) is 24.5 Å². The number of rotatable bonds is 8. The Hall–Kier alpha value is -4.34. The van der Waals surface area contributed by atoms with Crippen LogP contribution in [-0.2, 0) is 6.18 Å². The van der Waals surface area contributed by atoms with Crippen molar-refractivity contribution in [3.8, 4) is 0 Å². The average Bonchev–Trinajstić information content (AvgIpc) is 2.82. The second-order valence-corrected chi connectivity index (χ2v) is 6.77. The van der Waals surface area contributed by atoms with Crippen LogP contribution in [0.4, 0.5) is 34.9 Å². The summed E-state index contributed by atoms with van der Waals surface area (Å²) in [4.78, 5) is 12.2. The van der Waals surface area contributed by atoms with Crippen LogP contribution in [0.25, 0.3) is 5.57 Å². The summed E-state index contributed by atoms with van der Waals surface area (Å²) in [6.45, 7) is 5.34. The number of anilines is 3. The molecule has 10 heteroatoms. The Labute approximate surface area is 193 Å². The molecule has 0 aliphatic heterocycles. The molecule has 0 saturated carbocycles. The number of nitrogens with zero attached hydrogens (tertiary/aromatic N) is 4. The van der Waals surface area contributed by atoms with Gasteiger partial charge in [-0.3, -0.25) is 4.98 Å². The number of nitrogens with one attached hydrogen (secondary N) is 2. The van der Waals surface area contributed by atoms with Gasteiger partial charge in [-0.25, -0.2) is 19.8 Å². The maximum Gasteiger partial charge on any atom is 0.416 e. The Bertz CT molecular complexity index is 1230. The fourth-order valence-corrected chi connectivity index (χ4v) is 2.76. The van der Waals surface area contributed by atoms with Gasteiger partial charge in [0.05, 0.1) is 35.6 Å². The summed E-state index contributed by atoms with van der Waals surface area (Å²) in [6.07, 6.45) is 6.08. The van der Waals surface area contributed by atoms with Gasteiger partial charge in [0.2, 0.25) is 5.95 Å². The van der Waals surface area contributed by atoms with Gasteiger partial charge in [0.1, 0.15) is 5.69 Å². The molecule has 0 spiro atoms. The van der Waals surface area contributed by atoms with Crippen LogP contribution in [-0.4, -0.2) is 21.2 Å². The number of allylic oxidation sites excluding steroid dienone is 5. The van der Waals surface area contributed by atoms with Crippen LogP contribution < -0.4 is 10.7 Å². The minimum absolute atomic E-state index is 0.0850. The van der Waals surface area contributed by atoms with Gasteiger partial charge < -0.3 is 5.32 Å². The summed E-state index contributed by atoms with van der Waals surface area (Å²) in [5, 5.41) is 6.87. The zero-order chi connectivity index (χ0) is 24.6. The Balaban J connectivity index is 1.66. The molecule has 2 N–H and O–H groups in total. The average molecular weight is 468 g/mol. The fourth-order valence-electron chi connectivity index (χ4n) is 2.76. The predicted molar refractivity (Wildman–Crippen MR) is 125 cm³/mol. The molecule has 3 rings (SSSR count). The van der Waals surface area contributed by atoms with Gasteiger partial charge in [-0.2, -0.15) is 18.3 Å². The molecule has 2 aromatic heterocycles. The summed E-state index contributed by atoms with van der Waals surface area (Å²) in [6, 6.07) is 8.13. The molecule has 0 aliphatic carbocycles. The van der Waals surface area contributed by atoms with Crippen molar-refractivity contribution >= 4 is 29.1 Å². The normalized spacial score (nSPS) is 12.3. The van der Waals surface area contributed by atoms with E-state index >= 15 is 0 Å². The third-order valence-corrected chi connectivity index (χ3v) is 4.37. The second kappa shape index (κ2) is 11.0. The molecule has 0 fully saturated rings. The van der Waals surface area contributed by atoms with E-state index in [1.807, 2.05) is 0 Å². The number of hydrogen-bond acceptors (Lipinski definition) is 6. The lowest BCUT2D eigenvalue weighted by Crippen LogP contribution is -2.05. The van der Waals surface area contributed by atoms with Crippen molar-refractivity contribution in [3.05, 3.63) is 102 Å². The van der Waals surface area contributed by atoms with E-state index in [2.05, 4.69) is 37.4 Å². The molecule has 174 valence electrons. The minimum Gasteiger partial charge on any atom is -0.354 e. The molecule has 1 aromatic carbocycles. The van der Waals surface area contributed by atoms with Gasteiger partial charge in [0.15, 0.2) is 5.82 Å². The smallest absolute Gasteiger partial charge is 0.354 e. The molecule has 0 unspecified atom stereocenters. The molecule has 34 heavy (non-hydrogen) atoms. The summed E-state index contributed by atoms with van der Waals surface area (Å²) < 4.78 is 52.7. The zero-order valence-corrected chi connectivity index (χ0v) is 18.0. The molecular formula is C24H20F4N6. The Morgan fingerprint density at radius 1 is 1.09 bits per heavy atom. The maximum absolute atomic E-state index is 14.1. The first-order chi connectivity index (χ1) is 16.3. The van der Waals surface area contributed by atoms with Crippen LogP contribution in [0.1, 0.15) is 23.9 Å². The van der Waals surface area contributed by atoms with Crippen LogP contribution in [0, 0.1) is 5.82 Å². The highest BCUT2D eigenvalue weighted by Gasteiger charge is 2.30. The molecule has 0 amide bonds. The molecule has 3 aromatic rings. The highest BCUT2D eigenvalue weighted by molar-refractivity contribution is 5.78. The molecule has 0 atom stereocenters. The van der Waals surface area contributed by atoms with Gasteiger partial charge in [-0.05, 0) is 42.8 Å². The lowest BCUT2D eigenvalue weighted by molar-refractivity contribution is -0.137. The molecule has 6 nitrogen and oxygen atoms in total. The van der Waals surface area contributed by atoms with Gasteiger partial charge >= 0.3 is 6.18 Å². The van der Waals surface area contributed by atoms with E-state index in [1.54, 1.807) is 43.4 Å². The fraction of sp³-hybridized carbons (Fsp3) is 0.0833. The highest BCUT2D eigenvalue weighted by Crippen LogP contribution is 2.31. The topological polar surface area (TPSA) is 75.1 Å².